The Balaban J connectivity index is 1.58. The van der Waals surface area contributed by atoms with Gasteiger partial charge in [0.05, 0.1) is 21.2 Å². The number of benzene rings is 2. The van der Waals surface area contributed by atoms with Crippen molar-refractivity contribution in [3.63, 3.8) is 0 Å². The summed E-state index contributed by atoms with van der Waals surface area (Å²) in [6.07, 6.45) is 0. The summed E-state index contributed by atoms with van der Waals surface area (Å²) < 4.78 is 68.1. The van der Waals surface area contributed by atoms with Gasteiger partial charge in [-0.25, -0.2) is 16.8 Å². The molecular formula is C18H18N4O6S4-2. The third-order valence-electron chi connectivity index (χ3n) is 5.00. The summed E-state index contributed by atoms with van der Waals surface area (Å²) >= 11 is 2.59. The molecule has 0 saturated carbocycles. The molecule has 4 rings (SSSR count). The van der Waals surface area contributed by atoms with Crippen molar-refractivity contribution in [3.05, 3.63) is 36.4 Å². The van der Waals surface area contributed by atoms with Crippen molar-refractivity contribution in [1.29, 1.82) is 0 Å². The highest BCUT2D eigenvalue weighted by Gasteiger charge is 2.33. The van der Waals surface area contributed by atoms with Gasteiger partial charge in [0, 0.05) is 22.9 Å². The minimum Gasteiger partial charge on any atom is -0.744 e. The quantitative estimate of drug-likeness (QED) is 0.416. The molecule has 0 saturated heterocycles. The summed E-state index contributed by atoms with van der Waals surface area (Å²) in [5.41, 5.74) is 0.656. The third kappa shape index (κ3) is 4.34. The van der Waals surface area contributed by atoms with Crippen LogP contribution in [-0.2, 0) is 20.2 Å². The fourth-order valence-corrected chi connectivity index (χ4v) is 7.08. The smallest absolute Gasteiger partial charge is 0.194 e. The predicted molar refractivity (Wildman–Crippen MR) is 119 cm³/mol. The average molecular weight is 515 g/mol. The van der Waals surface area contributed by atoms with Crippen LogP contribution in [0.15, 0.2) is 66.2 Å². The largest absolute Gasteiger partial charge is 0.744 e. The second-order valence-electron chi connectivity index (χ2n) is 6.86. The van der Waals surface area contributed by atoms with E-state index in [1.165, 1.54) is 47.8 Å². The molecule has 0 amide bonds. The first-order valence-electron chi connectivity index (χ1n) is 9.49. The van der Waals surface area contributed by atoms with Crippen molar-refractivity contribution < 1.29 is 25.9 Å². The molecule has 0 aromatic heterocycles. The highest BCUT2D eigenvalue weighted by Crippen LogP contribution is 2.47. The van der Waals surface area contributed by atoms with Crippen LogP contribution in [0.5, 0.6) is 0 Å². The van der Waals surface area contributed by atoms with E-state index in [0.29, 0.717) is 22.9 Å². The lowest BCUT2D eigenvalue weighted by molar-refractivity contribution is 0.460. The molecule has 0 spiro atoms. The van der Waals surface area contributed by atoms with Crippen LogP contribution in [-0.4, -0.2) is 50.0 Å². The molecule has 10 nitrogen and oxygen atoms in total. The fraction of sp³-hybridized carbons (Fsp3) is 0.333. The summed E-state index contributed by atoms with van der Waals surface area (Å²) in [5.74, 6) is 0. The molecule has 0 N–H and O–H groups in total. The van der Waals surface area contributed by atoms with Crippen LogP contribution in [0, 0.1) is 0 Å². The van der Waals surface area contributed by atoms with E-state index in [2.05, 4.69) is 10.2 Å². The number of azo groups is 1. The Hall–Kier alpha value is -1.84. The van der Waals surface area contributed by atoms with Gasteiger partial charge in [0.15, 0.2) is 11.0 Å². The number of thioether (sulfide) groups is 2. The van der Waals surface area contributed by atoms with Crippen LogP contribution in [0.4, 0.5) is 11.4 Å². The van der Waals surface area contributed by atoms with Crippen LogP contribution in [0.25, 0.3) is 0 Å². The van der Waals surface area contributed by atoms with E-state index < -0.39 is 31.2 Å². The van der Waals surface area contributed by atoms with Gasteiger partial charge in [-0.3, -0.25) is 0 Å². The van der Waals surface area contributed by atoms with E-state index in [1.54, 1.807) is 12.1 Å². The molecule has 0 radical (unpaired) electrons. The topological polar surface area (TPSA) is 146 Å². The average Bonchev–Trinajstić information content (AvgIpc) is 3.26. The first kappa shape index (κ1) is 23.3. The molecular weight excluding hydrogens is 496 g/mol. The fourth-order valence-electron chi connectivity index (χ4n) is 3.49. The Morgan fingerprint density at radius 2 is 1.16 bits per heavy atom. The Morgan fingerprint density at radius 3 is 1.47 bits per heavy atom. The van der Waals surface area contributed by atoms with Gasteiger partial charge in [0.25, 0.3) is 0 Å². The second kappa shape index (κ2) is 8.50. The Kier molecular flexibility index (Phi) is 6.19. The molecule has 2 aliphatic rings. The lowest BCUT2D eigenvalue weighted by Crippen LogP contribution is -2.29. The van der Waals surface area contributed by atoms with E-state index in [0.717, 1.165) is 11.4 Å². The van der Waals surface area contributed by atoms with Gasteiger partial charge in [-0.2, -0.15) is 10.2 Å². The zero-order chi connectivity index (χ0) is 23.3. The van der Waals surface area contributed by atoms with E-state index >= 15 is 0 Å². The molecule has 2 aliphatic heterocycles. The third-order valence-corrected chi connectivity index (χ3v) is 8.95. The zero-order valence-corrected chi connectivity index (χ0v) is 20.2. The normalized spacial score (nSPS) is 20.8. The Bertz CT molecular complexity index is 1200. The number of hydrogen-bond donors (Lipinski definition) is 0. The van der Waals surface area contributed by atoms with Crippen LogP contribution >= 0.6 is 23.5 Å². The Labute approximate surface area is 194 Å². The van der Waals surface area contributed by atoms with E-state index in [1.807, 2.05) is 23.6 Å². The van der Waals surface area contributed by atoms with Crippen LogP contribution in [0.1, 0.15) is 13.8 Å². The summed E-state index contributed by atoms with van der Waals surface area (Å²) in [4.78, 5) is 4.56. The van der Waals surface area contributed by atoms with Crippen LogP contribution in [0.3, 0.4) is 0 Å². The van der Waals surface area contributed by atoms with Crippen molar-refractivity contribution in [2.24, 2.45) is 10.2 Å². The van der Waals surface area contributed by atoms with Crippen LogP contribution < -0.4 is 9.80 Å². The molecule has 2 aromatic carbocycles. The van der Waals surface area contributed by atoms with E-state index in [4.69, 9.17) is 0 Å². The molecule has 2 heterocycles. The van der Waals surface area contributed by atoms with Gasteiger partial charge in [-0.05, 0) is 50.2 Å². The summed E-state index contributed by atoms with van der Waals surface area (Å²) in [7, 11) is -9.12. The maximum Gasteiger partial charge on any atom is 0.194 e. The molecule has 2 atom stereocenters. The minimum absolute atomic E-state index is 0.291. The van der Waals surface area contributed by atoms with E-state index in [-0.39, 0.29) is 9.79 Å². The van der Waals surface area contributed by atoms with Crippen LogP contribution in [0.2, 0.25) is 0 Å². The van der Waals surface area contributed by atoms with Gasteiger partial charge >= 0.3 is 0 Å². The molecule has 32 heavy (non-hydrogen) atoms. The maximum absolute atomic E-state index is 11.3. The highest BCUT2D eigenvalue weighted by molar-refractivity contribution is 8.00. The zero-order valence-electron chi connectivity index (χ0n) is 16.9. The number of anilines is 2. The minimum atomic E-state index is -4.56. The number of nitrogens with zero attached hydrogens (tertiary/aromatic N) is 4. The van der Waals surface area contributed by atoms with Gasteiger partial charge in [-0.15, -0.1) is 0 Å². The van der Waals surface area contributed by atoms with Gasteiger partial charge in [0.1, 0.15) is 20.2 Å². The van der Waals surface area contributed by atoms with Gasteiger partial charge in [0.2, 0.25) is 0 Å². The van der Waals surface area contributed by atoms with Crippen molar-refractivity contribution in [1.82, 2.24) is 0 Å². The second-order valence-corrected chi connectivity index (χ2v) is 11.8. The molecule has 0 aliphatic carbocycles. The lowest BCUT2D eigenvalue weighted by atomic mass is 10.3. The number of fused-ring (bicyclic) bond motifs is 2. The van der Waals surface area contributed by atoms with Gasteiger partial charge in [-0.1, -0.05) is 23.5 Å². The van der Waals surface area contributed by atoms with Crippen molar-refractivity contribution in [2.45, 2.75) is 44.4 Å². The van der Waals surface area contributed by atoms with Gasteiger partial charge < -0.3 is 18.9 Å². The SMILES string of the molecule is CCN1c2ccc(S(=O)(=O)[O-])cc2SC1N=NC1Sc2cc(S(=O)(=O)[O-])ccc2N1CC. The summed E-state index contributed by atoms with van der Waals surface area (Å²) in [6, 6.07) is 8.46. The molecule has 0 bridgehead atoms. The molecule has 14 heteroatoms. The molecule has 172 valence electrons. The number of rotatable bonds is 6. The number of hydrogen-bond acceptors (Lipinski definition) is 12. The van der Waals surface area contributed by atoms with Crippen molar-refractivity contribution in [3.8, 4) is 0 Å². The highest BCUT2D eigenvalue weighted by atomic mass is 32.2. The molecule has 2 aromatic rings. The van der Waals surface area contributed by atoms with Crippen molar-refractivity contribution >= 4 is 55.1 Å². The Morgan fingerprint density at radius 1 is 0.781 bits per heavy atom. The molecule has 0 fully saturated rings. The first-order valence-corrected chi connectivity index (χ1v) is 14.1. The summed E-state index contributed by atoms with van der Waals surface area (Å²) in [5, 5.41) is 8.92. The van der Waals surface area contributed by atoms with E-state index in [9.17, 15) is 25.9 Å². The lowest BCUT2D eigenvalue weighted by Gasteiger charge is -2.23. The maximum atomic E-state index is 11.3. The summed E-state index contributed by atoms with van der Waals surface area (Å²) in [6.45, 7) is 5.04. The molecule has 2 unspecified atom stereocenters. The predicted octanol–water partition coefficient (Wildman–Crippen LogP) is 3.08. The van der Waals surface area contributed by atoms with Crippen molar-refractivity contribution in [2.75, 3.05) is 22.9 Å². The first-order chi connectivity index (χ1) is 15.0. The monoisotopic (exact) mass is 514 g/mol. The standard InChI is InChI=1S/C18H20N4O6S4/c1-3-21-13-7-5-11(31(23,24)25)9-15(13)29-17(21)19-20-18-22(4-2)14-8-6-12(32(26,27)28)10-16(14)30-18/h5-10,17-18H,3-4H2,1-2H3,(H,23,24,25)(H,26,27,28)/p-2.